The van der Waals surface area contributed by atoms with Crippen LogP contribution in [0.5, 0.6) is 0 Å². The molecule has 0 unspecified atom stereocenters. The first-order valence-corrected chi connectivity index (χ1v) is 11.4. The second kappa shape index (κ2) is 15.8. The molecule has 3 amide bonds. The summed E-state index contributed by atoms with van der Waals surface area (Å²) in [5, 5.41) is 29.4. The van der Waals surface area contributed by atoms with Crippen LogP contribution < -0.4 is 38.5 Å². The fourth-order valence-electron chi connectivity index (χ4n) is 3.44. The molecular formula is C20H38N8O6. The average molecular weight is 487 g/mol. The normalized spacial score (nSPS) is 17.8. The van der Waals surface area contributed by atoms with Crippen molar-refractivity contribution in [1.29, 1.82) is 0 Å². The minimum Gasteiger partial charge on any atom is -0.480 e. The Morgan fingerprint density at radius 3 is 2.18 bits per heavy atom. The number of aliphatic imine (C=N–C) groups is 1. The van der Waals surface area contributed by atoms with Crippen LogP contribution in [0.4, 0.5) is 0 Å². The molecule has 0 aromatic carbocycles. The van der Waals surface area contributed by atoms with Gasteiger partial charge in [0.2, 0.25) is 17.7 Å². The molecule has 1 fully saturated rings. The highest BCUT2D eigenvalue weighted by molar-refractivity contribution is 5.94. The van der Waals surface area contributed by atoms with Gasteiger partial charge in [-0.3, -0.25) is 19.4 Å². The molecule has 0 aromatic rings. The zero-order valence-electron chi connectivity index (χ0n) is 19.3. The van der Waals surface area contributed by atoms with E-state index in [2.05, 4.69) is 26.3 Å². The van der Waals surface area contributed by atoms with Crippen LogP contribution in [-0.2, 0) is 19.2 Å². The lowest BCUT2D eigenvalue weighted by atomic mass is 10.1. The number of nitrogens with two attached hydrogens (primary N) is 3. The maximum atomic E-state index is 12.9. The number of aliphatic hydroxyl groups is 1. The highest BCUT2D eigenvalue weighted by Gasteiger charge is 2.31. The van der Waals surface area contributed by atoms with Crippen molar-refractivity contribution in [2.75, 3.05) is 26.2 Å². The minimum absolute atomic E-state index is 0.100. The number of carboxylic acid groups (broad SMARTS) is 1. The zero-order chi connectivity index (χ0) is 25.5. The van der Waals surface area contributed by atoms with E-state index in [9.17, 15) is 29.4 Å². The molecule has 1 aliphatic heterocycles. The Morgan fingerprint density at radius 1 is 0.971 bits per heavy atom. The van der Waals surface area contributed by atoms with E-state index in [0.29, 0.717) is 38.8 Å². The van der Waals surface area contributed by atoms with Crippen molar-refractivity contribution < 1.29 is 29.4 Å². The molecule has 1 heterocycles. The van der Waals surface area contributed by atoms with Crippen molar-refractivity contribution in [2.24, 2.45) is 22.2 Å². The lowest BCUT2D eigenvalue weighted by molar-refractivity contribution is -0.142. The van der Waals surface area contributed by atoms with E-state index in [4.69, 9.17) is 17.2 Å². The molecule has 194 valence electrons. The van der Waals surface area contributed by atoms with E-state index in [-0.39, 0.29) is 31.3 Å². The van der Waals surface area contributed by atoms with Crippen LogP contribution in [0.3, 0.4) is 0 Å². The number of unbranched alkanes of at least 4 members (excludes halogenated alkanes) is 1. The highest BCUT2D eigenvalue weighted by Crippen LogP contribution is 2.07. The summed E-state index contributed by atoms with van der Waals surface area (Å²) in [6.07, 6.45) is 3.26. The smallest absolute Gasteiger partial charge is 0.326 e. The number of carbonyl (C=O) groups excluding carboxylic acids is 3. The summed E-state index contributed by atoms with van der Waals surface area (Å²) in [5.41, 5.74) is 16.0. The van der Waals surface area contributed by atoms with Crippen molar-refractivity contribution in [3.05, 3.63) is 0 Å². The molecule has 1 rings (SSSR count). The summed E-state index contributed by atoms with van der Waals surface area (Å²) in [7, 11) is 0. The third-order valence-corrected chi connectivity index (χ3v) is 5.33. The Kier molecular flexibility index (Phi) is 13.5. The lowest BCUT2D eigenvalue weighted by Crippen LogP contribution is -2.58. The Labute approximate surface area is 198 Å². The van der Waals surface area contributed by atoms with Crippen molar-refractivity contribution >= 4 is 29.7 Å². The first kappa shape index (κ1) is 29.1. The molecule has 1 saturated heterocycles. The number of nitrogens with one attached hydrogen (secondary N) is 4. The molecule has 0 aliphatic carbocycles. The van der Waals surface area contributed by atoms with Crippen LogP contribution in [-0.4, -0.2) is 90.3 Å². The van der Waals surface area contributed by atoms with Gasteiger partial charge in [0, 0.05) is 6.54 Å². The average Bonchev–Trinajstić information content (AvgIpc) is 3.33. The highest BCUT2D eigenvalue weighted by atomic mass is 16.4. The van der Waals surface area contributed by atoms with Gasteiger partial charge in [-0.05, 0) is 58.0 Å². The molecule has 0 radical (unpaired) electrons. The zero-order valence-corrected chi connectivity index (χ0v) is 19.3. The van der Waals surface area contributed by atoms with Gasteiger partial charge >= 0.3 is 5.97 Å². The summed E-state index contributed by atoms with van der Waals surface area (Å²) in [6.45, 7) is 0.562. The second-order valence-electron chi connectivity index (χ2n) is 8.09. The first-order valence-electron chi connectivity index (χ1n) is 11.4. The number of carbonyl (C=O) groups is 4. The number of hydrogen-bond donors (Lipinski definition) is 9. The molecule has 0 aromatic heterocycles. The summed E-state index contributed by atoms with van der Waals surface area (Å²) in [5.74, 6) is -3.23. The topological polar surface area (TPSA) is 247 Å². The summed E-state index contributed by atoms with van der Waals surface area (Å²) in [4.78, 5) is 53.2. The van der Waals surface area contributed by atoms with E-state index >= 15 is 0 Å². The molecule has 1 aliphatic rings. The number of guanidine groups is 1. The van der Waals surface area contributed by atoms with Crippen LogP contribution in [0.1, 0.15) is 44.9 Å². The van der Waals surface area contributed by atoms with Crippen LogP contribution in [0.25, 0.3) is 0 Å². The molecule has 34 heavy (non-hydrogen) atoms. The van der Waals surface area contributed by atoms with Crippen molar-refractivity contribution in [1.82, 2.24) is 21.3 Å². The molecule has 4 atom stereocenters. The molecular weight excluding hydrogens is 448 g/mol. The van der Waals surface area contributed by atoms with Crippen molar-refractivity contribution in [3.63, 3.8) is 0 Å². The Bertz CT molecular complexity index is 709. The van der Waals surface area contributed by atoms with E-state index in [1.165, 1.54) is 0 Å². The van der Waals surface area contributed by atoms with Crippen molar-refractivity contribution in [2.45, 2.75) is 69.1 Å². The summed E-state index contributed by atoms with van der Waals surface area (Å²) in [6, 6.07) is -4.01. The van der Waals surface area contributed by atoms with E-state index < -0.39 is 48.6 Å². The molecule has 14 heteroatoms. The molecule has 0 spiro atoms. The van der Waals surface area contributed by atoms with Crippen LogP contribution in [0, 0.1) is 0 Å². The number of amides is 3. The number of nitrogens with zero attached hydrogens (tertiary/aromatic N) is 1. The van der Waals surface area contributed by atoms with Gasteiger partial charge in [-0.1, -0.05) is 0 Å². The Balaban J connectivity index is 2.79. The van der Waals surface area contributed by atoms with Crippen LogP contribution in [0.15, 0.2) is 4.99 Å². The van der Waals surface area contributed by atoms with Gasteiger partial charge in [0.25, 0.3) is 0 Å². The number of aliphatic carboxylic acids is 1. The van der Waals surface area contributed by atoms with Crippen LogP contribution in [0.2, 0.25) is 0 Å². The quantitative estimate of drug-likeness (QED) is 0.0590. The molecule has 0 saturated carbocycles. The Hall–Kier alpha value is -2.97. The fraction of sp³-hybridized carbons (Fsp3) is 0.750. The largest absolute Gasteiger partial charge is 0.480 e. The maximum Gasteiger partial charge on any atom is 0.326 e. The van der Waals surface area contributed by atoms with Gasteiger partial charge in [-0.25, -0.2) is 4.79 Å². The van der Waals surface area contributed by atoms with Gasteiger partial charge in [0.1, 0.15) is 18.1 Å². The van der Waals surface area contributed by atoms with Crippen LogP contribution >= 0.6 is 0 Å². The number of hydrogen-bond acceptors (Lipinski definition) is 8. The van der Waals surface area contributed by atoms with E-state index in [1.807, 2.05) is 0 Å². The monoisotopic (exact) mass is 486 g/mol. The summed E-state index contributed by atoms with van der Waals surface area (Å²) < 4.78 is 0. The number of carboxylic acids is 1. The third kappa shape index (κ3) is 10.8. The molecule has 0 bridgehead atoms. The van der Waals surface area contributed by atoms with Gasteiger partial charge in [-0.2, -0.15) is 0 Å². The minimum atomic E-state index is -1.40. The number of rotatable bonds is 16. The van der Waals surface area contributed by atoms with Gasteiger partial charge in [0.05, 0.1) is 12.6 Å². The standard InChI is InChI=1S/C20H38N8O6/c21-8-2-1-5-14(19(33)34)27-18(32)15(11-29)28-17(31)13(7-4-10-25-20(22)23)26-16(30)12-6-3-9-24-12/h12-15,24,29H,1-11,21H2,(H,26,30)(H,27,32)(H,28,31)(H,33,34)(H4,22,23,25)/t12-,13-,14-,15-/m0/s1. The van der Waals surface area contributed by atoms with Gasteiger partial charge < -0.3 is 48.7 Å². The second-order valence-corrected chi connectivity index (χ2v) is 8.09. The third-order valence-electron chi connectivity index (χ3n) is 5.33. The van der Waals surface area contributed by atoms with Gasteiger partial charge in [-0.15, -0.1) is 0 Å². The SMILES string of the molecule is NCCCC[C@H](NC(=O)[C@H](CO)NC(=O)[C@H](CCCN=C(N)N)NC(=O)[C@@H]1CCCN1)C(=O)O. The number of aliphatic hydroxyl groups excluding tert-OH is 1. The fourth-order valence-corrected chi connectivity index (χ4v) is 3.44. The first-order chi connectivity index (χ1) is 16.2. The predicted octanol–water partition coefficient (Wildman–Crippen LogP) is -3.55. The van der Waals surface area contributed by atoms with Gasteiger partial charge in [0.15, 0.2) is 5.96 Å². The van der Waals surface area contributed by atoms with Crippen molar-refractivity contribution in [3.8, 4) is 0 Å². The summed E-state index contributed by atoms with van der Waals surface area (Å²) >= 11 is 0. The van der Waals surface area contributed by atoms with E-state index in [1.54, 1.807) is 0 Å². The lowest BCUT2D eigenvalue weighted by Gasteiger charge is -2.24. The van der Waals surface area contributed by atoms with E-state index in [0.717, 1.165) is 6.42 Å². The molecule has 14 nitrogen and oxygen atoms in total. The Morgan fingerprint density at radius 2 is 1.62 bits per heavy atom. The maximum absolute atomic E-state index is 12.9. The predicted molar refractivity (Wildman–Crippen MR) is 124 cm³/mol. The molecule has 12 N–H and O–H groups in total.